The normalized spacial score (nSPS) is 11.7. The lowest BCUT2D eigenvalue weighted by Gasteiger charge is -2.17. The van der Waals surface area contributed by atoms with E-state index in [0.29, 0.717) is 40.0 Å². The second-order valence-electron chi connectivity index (χ2n) is 8.41. The highest BCUT2D eigenvalue weighted by atomic mass is 16.2. The molecule has 35 heavy (non-hydrogen) atoms. The Balaban J connectivity index is 1.53. The van der Waals surface area contributed by atoms with Crippen LogP contribution in [0.15, 0.2) is 89.9 Å². The second kappa shape index (κ2) is 7.69. The van der Waals surface area contributed by atoms with Gasteiger partial charge in [0.15, 0.2) is 0 Å². The Morgan fingerprint density at radius 1 is 0.829 bits per heavy atom. The molecular formula is C29H16N4O2. The Labute approximate surface area is 200 Å². The first-order valence-corrected chi connectivity index (χ1v) is 11.0. The summed E-state index contributed by atoms with van der Waals surface area (Å²) in [6, 6.07) is 28.3. The first-order chi connectivity index (χ1) is 17.1. The van der Waals surface area contributed by atoms with Crippen molar-refractivity contribution in [3.05, 3.63) is 118 Å². The van der Waals surface area contributed by atoms with E-state index < -0.39 is 0 Å². The van der Waals surface area contributed by atoms with E-state index in [-0.39, 0.29) is 16.9 Å². The van der Waals surface area contributed by atoms with Gasteiger partial charge >= 0.3 is 0 Å². The molecule has 5 aromatic rings. The first kappa shape index (κ1) is 20.4. The van der Waals surface area contributed by atoms with Crippen LogP contribution in [-0.4, -0.2) is 15.0 Å². The molecular weight excluding hydrogens is 436 g/mol. The summed E-state index contributed by atoms with van der Waals surface area (Å²) in [7, 11) is 0. The van der Waals surface area contributed by atoms with Gasteiger partial charge in [0.25, 0.3) is 5.91 Å². The molecule has 0 fully saturated rings. The Bertz CT molecular complexity index is 1830. The van der Waals surface area contributed by atoms with E-state index in [4.69, 9.17) is 0 Å². The zero-order chi connectivity index (χ0) is 24.1. The Kier molecular flexibility index (Phi) is 4.48. The summed E-state index contributed by atoms with van der Waals surface area (Å²) in [5, 5.41) is 19.1. The lowest BCUT2D eigenvalue weighted by molar-refractivity contribution is 0.0968. The number of benzene rings is 3. The van der Waals surface area contributed by atoms with E-state index >= 15 is 0 Å². The molecule has 6 heteroatoms. The van der Waals surface area contributed by atoms with Crippen LogP contribution >= 0.6 is 0 Å². The second-order valence-corrected chi connectivity index (χ2v) is 8.41. The lowest BCUT2D eigenvalue weighted by Crippen LogP contribution is -2.20. The molecule has 164 valence electrons. The van der Waals surface area contributed by atoms with Crippen LogP contribution in [0.5, 0.6) is 0 Å². The van der Waals surface area contributed by atoms with Crippen molar-refractivity contribution in [3.8, 4) is 34.7 Å². The summed E-state index contributed by atoms with van der Waals surface area (Å²) in [4.78, 5) is 26.4. The summed E-state index contributed by atoms with van der Waals surface area (Å²) in [6.45, 7) is 0.420. The fraction of sp³-hybridized carbons (Fsp3) is 0.0345. The van der Waals surface area contributed by atoms with Crippen LogP contribution in [0.2, 0.25) is 0 Å². The van der Waals surface area contributed by atoms with Crippen LogP contribution in [0.3, 0.4) is 0 Å². The molecule has 0 saturated carbocycles. The fourth-order valence-electron chi connectivity index (χ4n) is 4.83. The van der Waals surface area contributed by atoms with Gasteiger partial charge in [0, 0.05) is 18.1 Å². The van der Waals surface area contributed by atoms with Gasteiger partial charge in [-0.15, -0.1) is 0 Å². The molecule has 0 radical (unpaired) electrons. The number of nitriles is 2. The predicted molar refractivity (Wildman–Crippen MR) is 132 cm³/mol. The van der Waals surface area contributed by atoms with Crippen LogP contribution in [0.25, 0.3) is 33.4 Å². The van der Waals surface area contributed by atoms with E-state index in [1.54, 1.807) is 36.5 Å². The summed E-state index contributed by atoms with van der Waals surface area (Å²) in [5.74, 6) is -0.355. The fourth-order valence-corrected chi connectivity index (χ4v) is 4.83. The maximum Gasteiger partial charge on any atom is 0.268 e. The van der Waals surface area contributed by atoms with Gasteiger partial charge in [0.05, 0.1) is 40.2 Å². The molecule has 3 aromatic carbocycles. The molecule has 6 rings (SSSR count). The Morgan fingerprint density at radius 3 is 2.40 bits per heavy atom. The molecule has 2 aromatic heterocycles. The summed E-state index contributed by atoms with van der Waals surface area (Å²) < 4.78 is 3.47. The molecule has 1 aliphatic rings. The Morgan fingerprint density at radius 2 is 1.63 bits per heavy atom. The van der Waals surface area contributed by atoms with Crippen molar-refractivity contribution in [2.45, 2.75) is 6.54 Å². The number of hydrogen-bond acceptors (Lipinski definition) is 4. The Hall–Kier alpha value is -5.20. The molecule has 0 unspecified atom stereocenters. The third-order valence-corrected chi connectivity index (χ3v) is 6.47. The van der Waals surface area contributed by atoms with Crippen LogP contribution in [0.4, 0.5) is 0 Å². The number of rotatable bonds is 3. The van der Waals surface area contributed by atoms with Crippen molar-refractivity contribution < 1.29 is 4.79 Å². The maximum atomic E-state index is 13.3. The maximum absolute atomic E-state index is 13.3. The average Bonchev–Trinajstić information content (AvgIpc) is 3.49. The minimum atomic E-state index is -0.361. The highest BCUT2D eigenvalue weighted by molar-refractivity contribution is 6.10. The molecule has 6 nitrogen and oxygen atoms in total. The van der Waals surface area contributed by atoms with Crippen LogP contribution in [-0.2, 0) is 6.54 Å². The quantitative estimate of drug-likeness (QED) is 0.381. The third kappa shape index (κ3) is 3.02. The smallest absolute Gasteiger partial charge is 0.268 e. The van der Waals surface area contributed by atoms with Crippen LogP contribution in [0.1, 0.15) is 27.0 Å². The third-order valence-electron chi connectivity index (χ3n) is 6.47. The van der Waals surface area contributed by atoms with E-state index in [2.05, 4.69) is 12.1 Å². The predicted octanol–water partition coefficient (Wildman–Crippen LogP) is 4.93. The van der Waals surface area contributed by atoms with Crippen LogP contribution < -0.4 is 5.43 Å². The largest absolute Gasteiger partial charge is 0.334 e. The summed E-state index contributed by atoms with van der Waals surface area (Å²) in [6.07, 6.45) is 1.66. The number of hydrogen-bond donors (Lipinski definition) is 0. The van der Waals surface area contributed by atoms with Crippen molar-refractivity contribution in [2.75, 3.05) is 0 Å². The van der Waals surface area contributed by atoms with Crippen molar-refractivity contribution >= 4 is 16.8 Å². The molecule has 0 bridgehead atoms. The number of carbonyl (C=O) groups is 1. The summed E-state index contributed by atoms with van der Waals surface area (Å²) in [5.41, 5.74) is 5.43. The number of nitrogens with zero attached hydrogens (tertiary/aromatic N) is 4. The molecule has 0 atom stereocenters. The van der Waals surface area contributed by atoms with Gasteiger partial charge in [-0.3, -0.25) is 14.2 Å². The molecule has 0 spiro atoms. The zero-order valence-electron chi connectivity index (χ0n) is 18.4. The number of carbonyl (C=O) groups excluding carboxylic acids is 1. The van der Waals surface area contributed by atoms with Gasteiger partial charge < -0.3 is 4.57 Å². The minimum Gasteiger partial charge on any atom is -0.334 e. The first-order valence-electron chi connectivity index (χ1n) is 11.0. The van der Waals surface area contributed by atoms with E-state index in [1.165, 1.54) is 4.57 Å². The van der Waals surface area contributed by atoms with E-state index in [9.17, 15) is 20.1 Å². The molecule has 0 N–H and O–H groups in total. The molecule has 0 saturated heterocycles. The highest BCUT2D eigenvalue weighted by Crippen LogP contribution is 2.34. The number of pyridine rings is 1. The molecule has 3 heterocycles. The number of fused-ring (bicyclic) bond motifs is 4. The van der Waals surface area contributed by atoms with Crippen molar-refractivity contribution in [1.82, 2.24) is 9.13 Å². The van der Waals surface area contributed by atoms with Crippen LogP contribution in [0, 0.1) is 22.7 Å². The molecule has 0 aliphatic carbocycles. The van der Waals surface area contributed by atoms with Gasteiger partial charge in [0.2, 0.25) is 5.43 Å². The van der Waals surface area contributed by atoms with Crippen molar-refractivity contribution in [3.63, 3.8) is 0 Å². The average molecular weight is 452 g/mol. The van der Waals surface area contributed by atoms with Gasteiger partial charge in [-0.05, 0) is 53.1 Å². The topological polar surface area (TPSA) is 91.6 Å². The monoisotopic (exact) mass is 452 g/mol. The lowest BCUT2D eigenvalue weighted by atomic mass is 9.99. The standard InChI is InChI=1S/C29H16N4O2/c30-15-19-9-12-24-23(14-19)28(34)26-27(25-6-3-13-32(25)29(26)35)33(24)17-18-7-10-20(11-8-18)22-5-2-1-4-21(22)16-31/h1-14H,17H2. The minimum absolute atomic E-state index is 0.128. The van der Waals surface area contributed by atoms with E-state index in [1.807, 2.05) is 53.1 Å². The van der Waals surface area contributed by atoms with Gasteiger partial charge in [0.1, 0.15) is 5.56 Å². The highest BCUT2D eigenvalue weighted by Gasteiger charge is 2.33. The molecule has 1 aliphatic heterocycles. The van der Waals surface area contributed by atoms with Gasteiger partial charge in [-0.2, -0.15) is 10.5 Å². The number of aromatic nitrogens is 2. The van der Waals surface area contributed by atoms with E-state index in [0.717, 1.165) is 16.7 Å². The zero-order valence-corrected chi connectivity index (χ0v) is 18.4. The van der Waals surface area contributed by atoms with Crippen molar-refractivity contribution in [1.29, 1.82) is 10.5 Å². The van der Waals surface area contributed by atoms with Gasteiger partial charge in [-0.1, -0.05) is 42.5 Å². The molecule has 0 amide bonds. The SMILES string of the molecule is N#Cc1ccc2c(c1)c(=O)c1c(n2Cc2ccc(-c3ccccc3C#N)cc2)-c2cccn2C1=O. The van der Waals surface area contributed by atoms with Gasteiger partial charge in [-0.25, -0.2) is 0 Å². The van der Waals surface area contributed by atoms with Crippen molar-refractivity contribution in [2.24, 2.45) is 0 Å². The summed E-state index contributed by atoms with van der Waals surface area (Å²) >= 11 is 0.